The van der Waals surface area contributed by atoms with Crippen LogP contribution in [0.2, 0.25) is 0 Å². The normalized spacial score (nSPS) is 11.4. The number of aliphatic carboxylic acids is 2. The van der Waals surface area contributed by atoms with E-state index < -0.39 is 29.7 Å². The summed E-state index contributed by atoms with van der Waals surface area (Å²) in [6.07, 6.45) is -0.173. The Hall–Kier alpha value is -2.70. The second kappa shape index (κ2) is 7.78. The predicted molar refractivity (Wildman–Crippen MR) is 71.8 cm³/mol. The number of hydrogen-bond acceptors (Lipinski definition) is 4. The van der Waals surface area contributed by atoms with Crippen molar-refractivity contribution in [1.82, 2.24) is 5.32 Å². The maximum absolute atomic E-state index is 11.8. The Balaban J connectivity index is 2.62. The summed E-state index contributed by atoms with van der Waals surface area (Å²) in [4.78, 5) is 44.9. The average Bonchev–Trinajstić information content (AvgIpc) is 2.45. The highest BCUT2D eigenvalue weighted by Crippen LogP contribution is 2.04. The third kappa shape index (κ3) is 5.43. The summed E-state index contributed by atoms with van der Waals surface area (Å²) in [7, 11) is 0. The van der Waals surface area contributed by atoms with Crippen LogP contribution in [0.25, 0.3) is 0 Å². The zero-order valence-electron chi connectivity index (χ0n) is 11.1. The van der Waals surface area contributed by atoms with Gasteiger partial charge >= 0.3 is 11.9 Å². The van der Waals surface area contributed by atoms with E-state index in [2.05, 4.69) is 5.32 Å². The molecule has 1 aromatic rings. The van der Waals surface area contributed by atoms with Crippen molar-refractivity contribution >= 4 is 23.6 Å². The van der Waals surface area contributed by atoms with Gasteiger partial charge in [0.1, 0.15) is 6.04 Å². The maximum Gasteiger partial charge on any atom is 0.326 e. The van der Waals surface area contributed by atoms with Crippen LogP contribution in [0.1, 0.15) is 29.6 Å². The summed E-state index contributed by atoms with van der Waals surface area (Å²) in [6, 6.07) is 6.46. The molecule has 0 aromatic heterocycles. The fourth-order valence-electron chi connectivity index (χ4n) is 1.66. The number of rotatable bonds is 8. The summed E-state index contributed by atoms with van der Waals surface area (Å²) in [5, 5.41) is 19.6. The molecule has 3 N–H and O–H groups in total. The number of Topliss-reactive ketones (excluding diaryl/α,β-unsaturated/α-hetero) is 1. The SMILES string of the molecule is O=C(O)CCC[C@@H](NC(=O)C(=O)c1ccccc1)C(=O)O. The van der Waals surface area contributed by atoms with Crippen LogP contribution in [-0.4, -0.2) is 39.9 Å². The molecule has 21 heavy (non-hydrogen) atoms. The van der Waals surface area contributed by atoms with E-state index in [0.717, 1.165) is 0 Å². The third-order valence-electron chi connectivity index (χ3n) is 2.73. The van der Waals surface area contributed by atoms with E-state index in [1.165, 1.54) is 12.1 Å². The molecule has 7 nitrogen and oxygen atoms in total. The average molecular weight is 293 g/mol. The van der Waals surface area contributed by atoms with Crippen molar-refractivity contribution in [3.05, 3.63) is 35.9 Å². The van der Waals surface area contributed by atoms with Crippen molar-refractivity contribution in [1.29, 1.82) is 0 Å². The minimum Gasteiger partial charge on any atom is -0.481 e. The molecule has 0 saturated heterocycles. The molecule has 0 spiro atoms. The number of nitrogens with one attached hydrogen (secondary N) is 1. The lowest BCUT2D eigenvalue weighted by molar-refractivity contribution is -0.142. The highest BCUT2D eigenvalue weighted by atomic mass is 16.4. The highest BCUT2D eigenvalue weighted by Gasteiger charge is 2.24. The van der Waals surface area contributed by atoms with Gasteiger partial charge in [0.05, 0.1) is 0 Å². The Bertz CT molecular complexity index is 540. The molecule has 0 radical (unpaired) electrons. The second-order valence-electron chi connectivity index (χ2n) is 4.35. The minimum absolute atomic E-state index is 0.0601. The monoisotopic (exact) mass is 293 g/mol. The number of amides is 1. The van der Waals surface area contributed by atoms with Crippen LogP contribution in [0.5, 0.6) is 0 Å². The van der Waals surface area contributed by atoms with E-state index in [4.69, 9.17) is 10.2 Å². The molecule has 0 aliphatic rings. The van der Waals surface area contributed by atoms with E-state index in [9.17, 15) is 19.2 Å². The van der Waals surface area contributed by atoms with Gasteiger partial charge in [-0.2, -0.15) is 0 Å². The number of carboxylic acids is 2. The van der Waals surface area contributed by atoms with Gasteiger partial charge in [-0.15, -0.1) is 0 Å². The zero-order chi connectivity index (χ0) is 15.8. The van der Waals surface area contributed by atoms with Crippen molar-refractivity contribution < 1.29 is 29.4 Å². The number of benzene rings is 1. The van der Waals surface area contributed by atoms with Gasteiger partial charge in [0.2, 0.25) is 5.78 Å². The van der Waals surface area contributed by atoms with Gasteiger partial charge in [-0.1, -0.05) is 30.3 Å². The molecule has 0 unspecified atom stereocenters. The lowest BCUT2D eigenvalue weighted by Gasteiger charge is -2.13. The molecule has 0 fully saturated rings. The number of carboxylic acid groups (broad SMARTS) is 2. The van der Waals surface area contributed by atoms with Crippen molar-refractivity contribution in [3.63, 3.8) is 0 Å². The Morgan fingerprint density at radius 3 is 2.19 bits per heavy atom. The fraction of sp³-hybridized carbons (Fsp3) is 0.286. The zero-order valence-corrected chi connectivity index (χ0v) is 11.1. The summed E-state index contributed by atoms with van der Waals surface area (Å²) in [5.41, 5.74) is 0.157. The van der Waals surface area contributed by atoms with Gasteiger partial charge in [-0.3, -0.25) is 14.4 Å². The Morgan fingerprint density at radius 2 is 1.67 bits per heavy atom. The van der Waals surface area contributed by atoms with E-state index in [1.807, 2.05) is 0 Å². The second-order valence-corrected chi connectivity index (χ2v) is 4.35. The molecule has 0 aliphatic heterocycles. The van der Waals surface area contributed by atoms with Gasteiger partial charge in [-0.05, 0) is 12.8 Å². The molecular weight excluding hydrogens is 278 g/mol. The number of carbonyl (C=O) groups excluding carboxylic acids is 2. The molecule has 0 aliphatic carbocycles. The largest absolute Gasteiger partial charge is 0.481 e. The number of hydrogen-bond donors (Lipinski definition) is 3. The molecule has 1 aromatic carbocycles. The minimum atomic E-state index is -1.31. The Morgan fingerprint density at radius 1 is 1.05 bits per heavy atom. The summed E-state index contributed by atoms with van der Waals surface area (Å²) in [5.74, 6) is -4.22. The predicted octanol–water partition coefficient (Wildman–Crippen LogP) is 0.694. The van der Waals surface area contributed by atoms with Gasteiger partial charge in [0.15, 0.2) is 0 Å². The molecule has 1 amide bonds. The highest BCUT2D eigenvalue weighted by molar-refractivity contribution is 6.43. The first kappa shape index (κ1) is 16.4. The topological polar surface area (TPSA) is 121 Å². The van der Waals surface area contributed by atoms with Crippen LogP contribution in [0.4, 0.5) is 0 Å². The van der Waals surface area contributed by atoms with Gasteiger partial charge in [-0.25, -0.2) is 4.79 Å². The first-order valence-corrected chi connectivity index (χ1v) is 6.26. The van der Waals surface area contributed by atoms with E-state index in [-0.39, 0.29) is 24.8 Å². The van der Waals surface area contributed by atoms with E-state index in [1.54, 1.807) is 18.2 Å². The number of carbonyl (C=O) groups is 4. The quantitative estimate of drug-likeness (QED) is 0.479. The molecule has 112 valence electrons. The number of ketones is 1. The lowest BCUT2D eigenvalue weighted by Crippen LogP contribution is -2.44. The standard InChI is InChI=1S/C14H15NO6/c16-11(17)8-4-7-10(14(20)21)15-13(19)12(18)9-5-2-1-3-6-9/h1-3,5-6,10H,4,7-8H2,(H,15,19)(H,16,17)(H,20,21)/t10-/m1/s1. The van der Waals surface area contributed by atoms with Crippen molar-refractivity contribution in [2.75, 3.05) is 0 Å². The van der Waals surface area contributed by atoms with Crippen molar-refractivity contribution in [3.8, 4) is 0 Å². The van der Waals surface area contributed by atoms with Crippen LogP contribution < -0.4 is 5.32 Å². The molecule has 7 heteroatoms. The summed E-state index contributed by atoms with van der Waals surface area (Å²) < 4.78 is 0. The smallest absolute Gasteiger partial charge is 0.326 e. The van der Waals surface area contributed by atoms with Crippen molar-refractivity contribution in [2.45, 2.75) is 25.3 Å². The maximum atomic E-state index is 11.8. The molecule has 0 bridgehead atoms. The lowest BCUT2D eigenvalue weighted by atomic mass is 10.1. The van der Waals surface area contributed by atoms with Crippen LogP contribution in [0.3, 0.4) is 0 Å². The molecule has 1 rings (SSSR count). The molecule has 0 heterocycles. The Labute approximate surface area is 120 Å². The molecular formula is C14H15NO6. The summed E-state index contributed by atoms with van der Waals surface area (Å²) >= 11 is 0. The van der Waals surface area contributed by atoms with Gasteiger partial charge in [0, 0.05) is 12.0 Å². The van der Waals surface area contributed by atoms with Gasteiger partial charge in [0.25, 0.3) is 5.91 Å². The van der Waals surface area contributed by atoms with Crippen LogP contribution in [-0.2, 0) is 14.4 Å². The van der Waals surface area contributed by atoms with Gasteiger partial charge < -0.3 is 15.5 Å². The van der Waals surface area contributed by atoms with E-state index >= 15 is 0 Å². The summed E-state index contributed by atoms with van der Waals surface area (Å²) in [6.45, 7) is 0. The van der Waals surface area contributed by atoms with Crippen molar-refractivity contribution in [2.24, 2.45) is 0 Å². The Kier molecular flexibility index (Phi) is 6.06. The molecule has 0 saturated carbocycles. The first-order valence-electron chi connectivity index (χ1n) is 6.26. The first-order chi connectivity index (χ1) is 9.91. The fourth-order valence-corrected chi connectivity index (χ4v) is 1.66. The van der Waals surface area contributed by atoms with E-state index in [0.29, 0.717) is 0 Å². The molecule has 1 atom stereocenters. The van der Waals surface area contributed by atoms with Crippen LogP contribution in [0, 0.1) is 0 Å². The van der Waals surface area contributed by atoms with Crippen LogP contribution in [0.15, 0.2) is 30.3 Å². The van der Waals surface area contributed by atoms with Crippen LogP contribution >= 0.6 is 0 Å². The third-order valence-corrected chi connectivity index (χ3v) is 2.73.